The van der Waals surface area contributed by atoms with Crippen LogP contribution in [0.15, 0.2) is 30.3 Å². The number of nitrogens with one attached hydrogen (secondary N) is 3. The molecule has 0 aliphatic carbocycles. The average Bonchev–Trinajstić information content (AvgIpc) is 2.97. The summed E-state index contributed by atoms with van der Waals surface area (Å²) in [5, 5.41) is 7.53. The molecule has 0 spiro atoms. The van der Waals surface area contributed by atoms with Gasteiger partial charge in [-0.05, 0) is 23.8 Å². The third-order valence-electron chi connectivity index (χ3n) is 3.13. The van der Waals surface area contributed by atoms with Crippen LogP contribution in [0.25, 0.3) is 10.4 Å². The van der Waals surface area contributed by atoms with Crippen molar-refractivity contribution in [1.82, 2.24) is 10.6 Å². The van der Waals surface area contributed by atoms with E-state index in [0.29, 0.717) is 10.4 Å². The molecule has 3 N–H and O–H groups in total. The minimum absolute atomic E-state index is 0.179. The molecule has 5 nitrogen and oxygen atoms in total. The Morgan fingerprint density at radius 3 is 2.38 bits per heavy atom. The number of hydrogen-bond donors (Lipinski definition) is 3. The first-order valence-electron chi connectivity index (χ1n) is 6.78. The lowest BCUT2D eigenvalue weighted by molar-refractivity contribution is -0.137. The molecule has 24 heavy (non-hydrogen) atoms. The van der Waals surface area contributed by atoms with E-state index in [0.717, 1.165) is 23.5 Å². The maximum atomic E-state index is 12.8. The van der Waals surface area contributed by atoms with Crippen molar-refractivity contribution >= 4 is 28.3 Å². The Balaban J connectivity index is 2.48. The van der Waals surface area contributed by atoms with E-state index in [9.17, 15) is 22.8 Å². The molecule has 1 heterocycles. The number of amides is 3. The SMILES string of the molecule is CNC(=O)Nc1sc(-c2cccc(C(F)(F)F)c2)cc1C(=O)NC. The zero-order chi connectivity index (χ0) is 17.9. The summed E-state index contributed by atoms with van der Waals surface area (Å²) in [6, 6.07) is 5.70. The second kappa shape index (κ2) is 6.91. The molecule has 0 fully saturated rings. The number of benzene rings is 1. The van der Waals surface area contributed by atoms with Crippen LogP contribution in [0.4, 0.5) is 23.0 Å². The fourth-order valence-electron chi connectivity index (χ4n) is 1.94. The lowest BCUT2D eigenvalue weighted by Gasteiger charge is -2.07. The molecule has 1 aromatic heterocycles. The van der Waals surface area contributed by atoms with Gasteiger partial charge in [0.2, 0.25) is 0 Å². The lowest BCUT2D eigenvalue weighted by Crippen LogP contribution is -2.26. The number of thiophene rings is 1. The van der Waals surface area contributed by atoms with Crippen molar-refractivity contribution in [3.63, 3.8) is 0 Å². The van der Waals surface area contributed by atoms with Gasteiger partial charge in [0.1, 0.15) is 5.00 Å². The van der Waals surface area contributed by atoms with Gasteiger partial charge in [0.25, 0.3) is 5.91 Å². The van der Waals surface area contributed by atoms with Gasteiger partial charge in [0.05, 0.1) is 11.1 Å². The quantitative estimate of drug-likeness (QED) is 0.786. The van der Waals surface area contributed by atoms with E-state index in [4.69, 9.17) is 0 Å². The average molecular weight is 357 g/mol. The molecule has 0 saturated carbocycles. The molecule has 0 bridgehead atoms. The summed E-state index contributed by atoms with van der Waals surface area (Å²) in [7, 11) is 2.84. The highest BCUT2D eigenvalue weighted by Gasteiger charge is 2.30. The first-order valence-corrected chi connectivity index (χ1v) is 7.60. The van der Waals surface area contributed by atoms with Crippen molar-refractivity contribution in [3.8, 4) is 10.4 Å². The molecule has 0 saturated heterocycles. The molecule has 0 atom stereocenters. The van der Waals surface area contributed by atoms with Gasteiger partial charge in [-0.15, -0.1) is 11.3 Å². The summed E-state index contributed by atoms with van der Waals surface area (Å²) in [5.74, 6) is -0.448. The van der Waals surface area contributed by atoms with E-state index in [2.05, 4.69) is 16.0 Å². The van der Waals surface area contributed by atoms with Crippen molar-refractivity contribution in [2.75, 3.05) is 19.4 Å². The van der Waals surface area contributed by atoms with Crippen LogP contribution in [0.3, 0.4) is 0 Å². The lowest BCUT2D eigenvalue weighted by atomic mass is 10.1. The van der Waals surface area contributed by atoms with Crippen molar-refractivity contribution in [1.29, 1.82) is 0 Å². The number of rotatable bonds is 3. The standard InChI is InChI=1S/C15H14F3N3O2S/c1-19-12(22)10-7-11(24-13(10)21-14(23)20-2)8-4-3-5-9(6-8)15(16,17)18/h3-7H,1-2H3,(H,19,22)(H2,20,21,23). The highest BCUT2D eigenvalue weighted by molar-refractivity contribution is 7.20. The van der Waals surface area contributed by atoms with Crippen LogP contribution >= 0.6 is 11.3 Å². The monoisotopic (exact) mass is 357 g/mol. The highest BCUT2D eigenvalue weighted by atomic mass is 32.1. The zero-order valence-electron chi connectivity index (χ0n) is 12.7. The fraction of sp³-hybridized carbons (Fsp3) is 0.200. The van der Waals surface area contributed by atoms with Crippen LogP contribution in [-0.4, -0.2) is 26.0 Å². The Morgan fingerprint density at radius 1 is 1.08 bits per heavy atom. The van der Waals surface area contributed by atoms with E-state index in [1.54, 1.807) is 0 Å². The minimum Gasteiger partial charge on any atom is -0.355 e. The molecule has 0 aliphatic heterocycles. The molecule has 2 rings (SSSR count). The second-order valence-electron chi connectivity index (χ2n) is 4.72. The van der Waals surface area contributed by atoms with E-state index in [-0.39, 0.29) is 10.6 Å². The topological polar surface area (TPSA) is 70.2 Å². The third-order valence-corrected chi connectivity index (χ3v) is 4.23. The Kier molecular flexibility index (Phi) is 5.13. The summed E-state index contributed by atoms with van der Waals surface area (Å²) in [6.07, 6.45) is -4.46. The van der Waals surface area contributed by atoms with Gasteiger partial charge in [-0.2, -0.15) is 13.2 Å². The number of carbonyl (C=O) groups is 2. The maximum Gasteiger partial charge on any atom is 0.416 e. The Labute approximate surface area is 139 Å². The summed E-state index contributed by atoms with van der Waals surface area (Å²) >= 11 is 1.02. The molecule has 1 aromatic carbocycles. The molecule has 128 valence electrons. The van der Waals surface area contributed by atoms with E-state index in [1.165, 1.54) is 32.3 Å². The second-order valence-corrected chi connectivity index (χ2v) is 5.77. The van der Waals surface area contributed by atoms with Crippen LogP contribution in [0.1, 0.15) is 15.9 Å². The third kappa shape index (κ3) is 3.85. The fourth-order valence-corrected chi connectivity index (χ4v) is 2.99. The van der Waals surface area contributed by atoms with Gasteiger partial charge in [-0.25, -0.2) is 4.79 Å². The number of halogens is 3. The Hall–Kier alpha value is -2.55. The minimum atomic E-state index is -4.46. The van der Waals surface area contributed by atoms with E-state index < -0.39 is 23.7 Å². The van der Waals surface area contributed by atoms with Gasteiger partial charge in [-0.3, -0.25) is 10.1 Å². The normalized spacial score (nSPS) is 11.0. The molecular weight excluding hydrogens is 343 g/mol. The maximum absolute atomic E-state index is 12.8. The van der Waals surface area contributed by atoms with Gasteiger partial charge in [0, 0.05) is 19.0 Å². The van der Waals surface area contributed by atoms with Crippen LogP contribution in [0.2, 0.25) is 0 Å². The molecule has 3 amide bonds. The van der Waals surface area contributed by atoms with Crippen LogP contribution < -0.4 is 16.0 Å². The predicted molar refractivity (Wildman–Crippen MR) is 86.2 cm³/mol. The number of carbonyl (C=O) groups excluding carboxylic acids is 2. The van der Waals surface area contributed by atoms with E-state index >= 15 is 0 Å². The molecular formula is C15H14F3N3O2S. The smallest absolute Gasteiger partial charge is 0.355 e. The Morgan fingerprint density at radius 2 is 1.79 bits per heavy atom. The Bertz CT molecular complexity index is 772. The van der Waals surface area contributed by atoms with Crippen LogP contribution in [0.5, 0.6) is 0 Å². The summed E-state index contributed by atoms with van der Waals surface area (Å²) in [4.78, 5) is 23.8. The molecule has 0 radical (unpaired) electrons. The predicted octanol–water partition coefficient (Wildman–Crippen LogP) is 3.54. The number of alkyl halides is 3. The van der Waals surface area contributed by atoms with Crippen molar-refractivity contribution < 1.29 is 22.8 Å². The molecule has 0 aliphatic rings. The zero-order valence-corrected chi connectivity index (χ0v) is 13.6. The first kappa shape index (κ1) is 17.8. The number of anilines is 1. The van der Waals surface area contributed by atoms with Crippen molar-refractivity contribution in [3.05, 3.63) is 41.5 Å². The molecule has 9 heteroatoms. The van der Waals surface area contributed by atoms with Gasteiger partial charge in [-0.1, -0.05) is 12.1 Å². The highest BCUT2D eigenvalue weighted by Crippen LogP contribution is 2.38. The molecule has 0 unspecified atom stereocenters. The van der Waals surface area contributed by atoms with Crippen LogP contribution in [-0.2, 0) is 6.18 Å². The van der Waals surface area contributed by atoms with Crippen LogP contribution in [0, 0.1) is 0 Å². The summed E-state index contributed by atoms with van der Waals surface area (Å²) < 4.78 is 38.5. The molecule has 2 aromatic rings. The van der Waals surface area contributed by atoms with Gasteiger partial charge in [0.15, 0.2) is 0 Å². The number of hydrogen-bond acceptors (Lipinski definition) is 3. The van der Waals surface area contributed by atoms with Crippen molar-refractivity contribution in [2.45, 2.75) is 6.18 Å². The largest absolute Gasteiger partial charge is 0.416 e. The van der Waals surface area contributed by atoms with Crippen molar-refractivity contribution in [2.24, 2.45) is 0 Å². The van der Waals surface area contributed by atoms with Gasteiger partial charge >= 0.3 is 12.2 Å². The van der Waals surface area contributed by atoms with Gasteiger partial charge < -0.3 is 10.6 Å². The summed E-state index contributed by atoms with van der Waals surface area (Å²) in [5.41, 5.74) is -0.292. The van der Waals surface area contributed by atoms with E-state index in [1.807, 2.05) is 0 Å². The number of urea groups is 1. The summed E-state index contributed by atoms with van der Waals surface area (Å²) in [6.45, 7) is 0. The first-order chi connectivity index (χ1) is 11.3.